The minimum Gasteiger partial charge on any atom is -0.393 e. The second-order valence-electron chi connectivity index (χ2n) is 8.19. The van der Waals surface area contributed by atoms with Gasteiger partial charge in [0.1, 0.15) is 0 Å². The first-order valence-corrected chi connectivity index (χ1v) is 13.1. The molecule has 0 bridgehead atoms. The third-order valence-electron chi connectivity index (χ3n) is 5.51. The van der Waals surface area contributed by atoms with Gasteiger partial charge in [0.15, 0.2) is 0 Å². The first kappa shape index (κ1) is 26.9. The Morgan fingerprint density at radius 2 is 0.926 bits per heavy atom. The Kier molecular flexibility index (Phi) is 17.8. The average molecular weight is 407 g/mol. The standard InChI is InChI=1S/C22H46O4S/c1-3-5-7-8-9-10-15-19-22(27(24,25)26)20-16-12-11-14-18-21(23)17-13-6-4-2/h21-23H,3-20H2,1-2H3,(H,24,25,26). The van der Waals surface area contributed by atoms with E-state index in [1.807, 2.05) is 0 Å². The Morgan fingerprint density at radius 1 is 0.593 bits per heavy atom. The molecule has 0 rings (SSSR count). The molecule has 5 heteroatoms. The van der Waals surface area contributed by atoms with Crippen LogP contribution in [-0.4, -0.2) is 29.4 Å². The minimum atomic E-state index is -3.93. The van der Waals surface area contributed by atoms with Crippen LogP contribution in [0.1, 0.15) is 129 Å². The van der Waals surface area contributed by atoms with E-state index in [-0.39, 0.29) is 6.10 Å². The molecule has 2 N–H and O–H groups in total. The molecular formula is C22H46O4S. The zero-order valence-corrected chi connectivity index (χ0v) is 18.8. The molecular weight excluding hydrogens is 360 g/mol. The maximum atomic E-state index is 11.6. The summed E-state index contributed by atoms with van der Waals surface area (Å²) in [7, 11) is -3.93. The highest BCUT2D eigenvalue weighted by molar-refractivity contribution is 7.86. The van der Waals surface area contributed by atoms with E-state index in [2.05, 4.69) is 13.8 Å². The summed E-state index contributed by atoms with van der Waals surface area (Å²) in [6.07, 6.45) is 18.2. The van der Waals surface area contributed by atoms with Crippen molar-refractivity contribution in [3.8, 4) is 0 Å². The van der Waals surface area contributed by atoms with E-state index < -0.39 is 15.4 Å². The van der Waals surface area contributed by atoms with E-state index in [0.717, 1.165) is 57.8 Å². The normalized spacial score (nSPS) is 14.4. The van der Waals surface area contributed by atoms with Crippen LogP contribution in [0.5, 0.6) is 0 Å². The molecule has 0 saturated heterocycles. The molecule has 0 spiro atoms. The Morgan fingerprint density at radius 3 is 1.37 bits per heavy atom. The number of hydrogen-bond donors (Lipinski definition) is 2. The van der Waals surface area contributed by atoms with Crippen LogP contribution >= 0.6 is 0 Å². The van der Waals surface area contributed by atoms with Crippen LogP contribution in [-0.2, 0) is 10.1 Å². The maximum absolute atomic E-state index is 11.6. The molecule has 0 aromatic rings. The molecule has 0 heterocycles. The van der Waals surface area contributed by atoms with Crippen molar-refractivity contribution in [2.45, 2.75) is 141 Å². The Bertz CT molecular complexity index is 409. The smallest absolute Gasteiger partial charge is 0.267 e. The van der Waals surface area contributed by atoms with Crippen molar-refractivity contribution >= 4 is 10.1 Å². The van der Waals surface area contributed by atoms with E-state index >= 15 is 0 Å². The summed E-state index contributed by atoms with van der Waals surface area (Å²) in [5.41, 5.74) is 0. The average Bonchev–Trinajstić information content (AvgIpc) is 2.61. The van der Waals surface area contributed by atoms with Gasteiger partial charge in [-0.05, 0) is 25.7 Å². The van der Waals surface area contributed by atoms with E-state index in [1.54, 1.807) is 0 Å². The van der Waals surface area contributed by atoms with Crippen molar-refractivity contribution in [3.63, 3.8) is 0 Å². The molecule has 0 aliphatic heterocycles. The summed E-state index contributed by atoms with van der Waals surface area (Å²) >= 11 is 0. The van der Waals surface area contributed by atoms with Gasteiger partial charge in [0.05, 0.1) is 11.4 Å². The van der Waals surface area contributed by atoms with Crippen LogP contribution in [0.4, 0.5) is 0 Å². The third kappa shape index (κ3) is 17.7. The molecule has 0 amide bonds. The quantitative estimate of drug-likeness (QED) is 0.175. The molecule has 2 unspecified atom stereocenters. The van der Waals surface area contributed by atoms with Gasteiger partial charge in [0, 0.05) is 0 Å². The lowest BCUT2D eigenvalue weighted by Crippen LogP contribution is -2.20. The largest absolute Gasteiger partial charge is 0.393 e. The van der Waals surface area contributed by atoms with Crippen LogP contribution in [0.15, 0.2) is 0 Å². The molecule has 4 nitrogen and oxygen atoms in total. The number of rotatable bonds is 20. The Labute approximate surface area is 169 Å². The van der Waals surface area contributed by atoms with Crippen molar-refractivity contribution < 1.29 is 18.1 Å². The zero-order valence-electron chi connectivity index (χ0n) is 18.0. The highest BCUT2D eigenvalue weighted by Crippen LogP contribution is 2.19. The molecule has 2 atom stereocenters. The minimum absolute atomic E-state index is 0.181. The topological polar surface area (TPSA) is 74.6 Å². The molecule has 27 heavy (non-hydrogen) atoms. The van der Waals surface area contributed by atoms with Gasteiger partial charge in [-0.25, -0.2) is 0 Å². The monoisotopic (exact) mass is 406 g/mol. The second-order valence-corrected chi connectivity index (χ2v) is 9.88. The van der Waals surface area contributed by atoms with Crippen LogP contribution in [0.2, 0.25) is 0 Å². The van der Waals surface area contributed by atoms with Gasteiger partial charge in [0.2, 0.25) is 0 Å². The molecule has 0 aromatic heterocycles. The van der Waals surface area contributed by atoms with Gasteiger partial charge in [0.25, 0.3) is 10.1 Å². The summed E-state index contributed by atoms with van der Waals surface area (Å²) in [5, 5.41) is 9.31. The van der Waals surface area contributed by atoms with Crippen molar-refractivity contribution in [2.24, 2.45) is 0 Å². The maximum Gasteiger partial charge on any atom is 0.267 e. The van der Waals surface area contributed by atoms with E-state index in [1.165, 1.54) is 44.9 Å². The van der Waals surface area contributed by atoms with Gasteiger partial charge in [-0.15, -0.1) is 0 Å². The van der Waals surface area contributed by atoms with Gasteiger partial charge in [-0.1, -0.05) is 104 Å². The van der Waals surface area contributed by atoms with Crippen LogP contribution in [0.25, 0.3) is 0 Å². The summed E-state index contributed by atoms with van der Waals surface area (Å²) in [5.74, 6) is 0. The molecule has 0 aromatic carbocycles. The molecule has 164 valence electrons. The van der Waals surface area contributed by atoms with Gasteiger partial charge in [-0.2, -0.15) is 8.42 Å². The highest BCUT2D eigenvalue weighted by atomic mass is 32.2. The van der Waals surface area contributed by atoms with Crippen molar-refractivity contribution in [3.05, 3.63) is 0 Å². The van der Waals surface area contributed by atoms with Crippen LogP contribution in [0.3, 0.4) is 0 Å². The zero-order chi connectivity index (χ0) is 20.4. The lowest BCUT2D eigenvalue weighted by atomic mass is 10.0. The van der Waals surface area contributed by atoms with E-state index in [4.69, 9.17) is 0 Å². The van der Waals surface area contributed by atoms with Crippen LogP contribution < -0.4 is 0 Å². The first-order valence-electron chi connectivity index (χ1n) is 11.6. The van der Waals surface area contributed by atoms with Crippen molar-refractivity contribution in [2.75, 3.05) is 0 Å². The predicted molar refractivity (Wildman–Crippen MR) is 116 cm³/mol. The highest BCUT2D eigenvalue weighted by Gasteiger charge is 2.21. The van der Waals surface area contributed by atoms with Crippen LogP contribution in [0, 0.1) is 0 Å². The van der Waals surface area contributed by atoms with Gasteiger partial charge >= 0.3 is 0 Å². The molecule has 0 aliphatic carbocycles. The summed E-state index contributed by atoms with van der Waals surface area (Å²) < 4.78 is 32.7. The number of hydrogen-bond acceptors (Lipinski definition) is 3. The molecule has 0 aliphatic rings. The van der Waals surface area contributed by atoms with Crippen molar-refractivity contribution in [1.82, 2.24) is 0 Å². The van der Waals surface area contributed by atoms with Gasteiger partial charge in [-0.3, -0.25) is 4.55 Å². The van der Waals surface area contributed by atoms with Gasteiger partial charge < -0.3 is 5.11 Å². The fourth-order valence-electron chi connectivity index (χ4n) is 3.65. The molecule has 0 saturated carbocycles. The van der Waals surface area contributed by atoms with E-state index in [0.29, 0.717) is 12.8 Å². The SMILES string of the molecule is CCCCCCCCCC(CCCCCCC(O)CCCCC)S(=O)(=O)O. The fraction of sp³-hybridized carbons (Fsp3) is 1.00. The summed E-state index contributed by atoms with van der Waals surface area (Å²) in [6.45, 7) is 4.37. The van der Waals surface area contributed by atoms with E-state index in [9.17, 15) is 18.1 Å². The Hall–Kier alpha value is -0.130. The van der Waals surface area contributed by atoms with Crippen molar-refractivity contribution in [1.29, 1.82) is 0 Å². The Balaban J connectivity index is 3.77. The predicted octanol–water partition coefficient (Wildman–Crippen LogP) is 6.67. The summed E-state index contributed by atoms with van der Waals surface area (Å²) in [4.78, 5) is 0. The number of unbranched alkanes of at least 4 members (excludes halogenated alkanes) is 11. The number of aliphatic hydroxyl groups is 1. The molecule has 0 fully saturated rings. The lowest BCUT2D eigenvalue weighted by molar-refractivity contribution is 0.147. The number of aliphatic hydroxyl groups excluding tert-OH is 1. The lowest BCUT2D eigenvalue weighted by Gasteiger charge is -2.14. The fourth-order valence-corrected chi connectivity index (χ4v) is 4.58. The third-order valence-corrected chi connectivity index (χ3v) is 6.82. The molecule has 0 radical (unpaired) electrons. The summed E-state index contributed by atoms with van der Waals surface area (Å²) in [6, 6.07) is 0. The first-order chi connectivity index (χ1) is 12.9. The second kappa shape index (κ2) is 17.9.